The van der Waals surface area contributed by atoms with Crippen LogP contribution < -0.4 is 5.73 Å². The van der Waals surface area contributed by atoms with E-state index in [0.717, 1.165) is 6.54 Å². The smallest absolute Gasteiger partial charge is 0.0997 e. The lowest BCUT2D eigenvalue weighted by atomic mass is 10.1. The van der Waals surface area contributed by atoms with Gasteiger partial charge in [-0.05, 0) is 12.1 Å². The van der Waals surface area contributed by atoms with Gasteiger partial charge in [0.05, 0.1) is 28.3 Å². The quantitative estimate of drug-likeness (QED) is 0.651. The minimum Gasteiger partial charge on any atom is -0.748 e. The second-order valence-corrected chi connectivity index (χ2v) is 4.17. The molecule has 5 nitrogen and oxygen atoms in total. The first-order valence-electron chi connectivity index (χ1n) is 4.06. The Morgan fingerprint density at radius 1 is 1.40 bits per heavy atom. The van der Waals surface area contributed by atoms with Crippen LogP contribution in [0.15, 0.2) is 24.3 Å². The average molecular weight is 228 g/mol. The summed E-state index contributed by atoms with van der Waals surface area (Å²) in [4.78, 5) is 0. The maximum absolute atomic E-state index is 9.08. The number of rotatable bonds is 1. The van der Waals surface area contributed by atoms with Gasteiger partial charge in [0.15, 0.2) is 0 Å². The van der Waals surface area contributed by atoms with E-state index in [1.807, 2.05) is 12.1 Å². The van der Waals surface area contributed by atoms with Crippen LogP contribution in [0.2, 0.25) is 0 Å². The molecule has 15 heavy (non-hydrogen) atoms. The number of nitriles is 1. The zero-order valence-electron chi connectivity index (χ0n) is 8.30. The van der Waals surface area contributed by atoms with Gasteiger partial charge in [0.2, 0.25) is 0 Å². The van der Waals surface area contributed by atoms with E-state index in [2.05, 4.69) is 11.8 Å². The predicted octanol–water partition coefficient (Wildman–Crippen LogP) is -0.538. The first-order chi connectivity index (χ1) is 6.86. The van der Waals surface area contributed by atoms with Gasteiger partial charge in [-0.1, -0.05) is 12.1 Å². The summed E-state index contributed by atoms with van der Waals surface area (Å²) >= 11 is 0. The molecular formula is C9H12N2O3S. The average Bonchev–Trinajstić information content (AvgIpc) is 2.15. The fourth-order valence-electron chi connectivity index (χ4n) is 0.746. The molecular weight excluding hydrogens is 216 g/mol. The Labute approximate surface area is 88.9 Å². The molecule has 0 heterocycles. The van der Waals surface area contributed by atoms with Crippen LogP contribution in [0.1, 0.15) is 11.1 Å². The summed E-state index contributed by atoms with van der Waals surface area (Å²) in [6, 6.07) is 9.51. The van der Waals surface area contributed by atoms with E-state index in [-0.39, 0.29) is 0 Å². The van der Waals surface area contributed by atoms with E-state index in [4.69, 9.17) is 18.2 Å². The molecule has 3 N–H and O–H groups in total. The summed E-state index contributed by atoms with van der Waals surface area (Å²) < 4.78 is 27.2. The molecule has 1 aromatic carbocycles. The van der Waals surface area contributed by atoms with Crippen LogP contribution in [-0.2, 0) is 16.7 Å². The zero-order chi connectivity index (χ0) is 11.9. The number of quaternary nitrogens is 1. The highest BCUT2D eigenvalue weighted by atomic mass is 32.2. The fourth-order valence-corrected chi connectivity index (χ4v) is 0.746. The van der Waals surface area contributed by atoms with Crippen molar-refractivity contribution in [3.05, 3.63) is 35.4 Å². The highest BCUT2D eigenvalue weighted by Gasteiger charge is 1.90. The molecule has 82 valence electrons. The van der Waals surface area contributed by atoms with Crippen LogP contribution in [0.5, 0.6) is 0 Å². The van der Waals surface area contributed by atoms with Crippen LogP contribution >= 0.6 is 0 Å². The molecule has 0 spiro atoms. The van der Waals surface area contributed by atoms with Gasteiger partial charge < -0.3 is 10.3 Å². The first-order valence-corrected chi connectivity index (χ1v) is 5.87. The lowest BCUT2D eigenvalue weighted by molar-refractivity contribution is -0.386. The van der Waals surface area contributed by atoms with Crippen molar-refractivity contribution in [2.75, 3.05) is 6.26 Å². The van der Waals surface area contributed by atoms with Gasteiger partial charge in [-0.3, -0.25) is 0 Å². The fraction of sp³-hybridized carbons (Fsp3) is 0.222. The Bertz CT molecular complexity index is 423. The van der Waals surface area contributed by atoms with Gasteiger partial charge in [0.1, 0.15) is 0 Å². The highest BCUT2D eigenvalue weighted by Crippen LogP contribution is 2.00. The molecule has 0 unspecified atom stereocenters. The van der Waals surface area contributed by atoms with Gasteiger partial charge in [-0.25, -0.2) is 8.42 Å². The van der Waals surface area contributed by atoms with Crippen molar-refractivity contribution in [2.24, 2.45) is 0 Å². The lowest BCUT2D eigenvalue weighted by Crippen LogP contribution is -2.47. The Hall–Kier alpha value is -1.42. The van der Waals surface area contributed by atoms with Crippen LogP contribution in [0.3, 0.4) is 0 Å². The minimum atomic E-state index is -3.92. The Morgan fingerprint density at radius 2 is 1.80 bits per heavy atom. The molecule has 0 bridgehead atoms. The maximum atomic E-state index is 9.08. The molecule has 1 rings (SSSR count). The third kappa shape index (κ3) is 8.90. The second-order valence-electron chi connectivity index (χ2n) is 2.76. The summed E-state index contributed by atoms with van der Waals surface area (Å²) in [5.41, 5.74) is 5.60. The van der Waals surface area contributed by atoms with Crippen molar-refractivity contribution in [1.82, 2.24) is 0 Å². The standard InChI is InChI=1S/C8H8N2.CH4O3S/c9-5-7-1-2-8(6-10)4-3-7;1-5(2,3)4/h1-4H,5,9H2;1H3,(H,2,3,4). The minimum absolute atomic E-state index is 0.604. The van der Waals surface area contributed by atoms with Crippen molar-refractivity contribution < 1.29 is 18.7 Å². The largest absolute Gasteiger partial charge is 0.748 e. The van der Waals surface area contributed by atoms with Gasteiger partial charge in [0.25, 0.3) is 0 Å². The topological polar surface area (TPSA) is 109 Å². The van der Waals surface area contributed by atoms with Gasteiger partial charge >= 0.3 is 0 Å². The predicted molar refractivity (Wildman–Crippen MR) is 53.4 cm³/mol. The molecule has 0 saturated carbocycles. The van der Waals surface area contributed by atoms with Crippen molar-refractivity contribution in [1.29, 1.82) is 5.26 Å². The molecule has 6 heteroatoms. The number of benzene rings is 1. The number of hydrogen-bond acceptors (Lipinski definition) is 4. The Morgan fingerprint density at radius 3 is 2.07 bits per heavy atom. The number of nitrogens with zero attached hydrogens (tertiary/aromatic N) is 1. The summed E-state index contributed by atoms with van der Waals surface area (Å²) in [6.45, 7) is 0.783. The monoisotopic (exact) mass is 228 g/mol. The maximum Gasteiger partial charge on any atom is 0.0997 e. The molecule has 0 aliphatic heterocycles. The van der Waals surface area contributed by atoms with Crippen LogP contribution in [0.4, 0.5) is 0 Å². The molecule has 0 amide bonds. The highest BCUT2D eigenvalue weighted by molar-refractivity contribution is 7.84. The van der Waals surface area contributed by atoms with E-state index < -0.39 is 10.1 Å². The molecule has 0 aliphatic rings. The zero-order valence-corrected chi connectivity index (χ0v) is 9.12. The van der Waals surface area contributed by atoms with Crippen molar-refractivity contribution in [2.45, 2.75) is 6.54 Å². The molecule has 0 radical (unpaired) electrons. The normalized spacial score (nSPS) is 9.73. The number of hydrogen-bond donors (Lipinski definition) is 1. The van der Waals surface area contributed by atoms with E-state index >= 15 is 0 Å². The van der Waals surface area contributed by atoms with E-state index in [1.165, 1.54) is 5.56 Å². The van der Waals surface area contributed by atoms with Gasteiger partial charge in [-0.2, -0.15) is 5.26 Å². The molecule has 0 aromatic heterocycles. The SMILES string of the molecule is CS(=O)(=O)[O-].N#Cc1ccc(C[NH3+])cc1. The first kappa shape index (κ1) is 13.6. The third-order valence-electron chi connectivity index (χ3n) is 1.37. The molecule has 0 aliphatic carbocycles. The molecule has 0 saturated heterocycles. The summed E-state index contributed by atoms with van der Waals surface area (Å²) in [7, 11) is -3.92. The van der Waals surface area contributed by atoms with E-state index in [1.54, 1.807) is 12.1 Å². The summed E-state index contributed by atoms with van der Waals surface area (Å²) in [6.07, 6.45) is 0.604. The van der Waals surface area contributed by atoms with Crippen molar-refractivity contribution in [3.8, 4) is 6.07 Å². The summed E-state index contributed by atoms with van der Waals surface area (Å²) in [5.74, 6) is 0. The van der Waals surface area contributed by atoms with Crippen LogP contribution in [0.25, 0.3) is 0 Å². The van der Waals surface area contributed by atoms with E-state index in [9.17, 15) is 0 Å². The molecule has 1 aromatic rings. The summed E-state index contributed by atoms with van der Waals surface area (Å²) in [5, 5.41) is 8.44. The molecule has 0 fully saturated rings. The third-order valence-corrected chi connectivity index (χ3v) is 1.37. The van der Waals surface area contributed by atoms with E-state index in [0.29, 0.717) is 11.8 Å². The van der Waals surface area contributed by atoms with Gasteiger partial charge in [0, 0.05) is 11.8 Å². The Balaban J connectivity index is 0.000000336. The van der Waals surface area contributed by atoms with Crippen molar-refractivity contribution in [3.63, 3.8) is 0 Å². The van der Waals surface area contributed by atoms with Crippen LogP contribution in [-0.4, -0.2) is 19.2 Å². The molecule has 0 atom stereocenters. The van der Waals surface area contributed by atoms with Gasteiger partial charge in [-0.15, -0.1) is 0 Å². The van der Waals surface area contributed by atoms with Crippen LogP contribution in [0, 0.1) is 11.3 Å². The lowest BCUT2D eigenvalue weighted by Gasteiger charge is -1.91. The Kier molecular flexibility index (Phi) is 5.56. The second kappa shape index (κ2) is 6.14. The van der Waals surface area contributed by atoms with Crippen molar-refractivity contribution >= 4 is 10.1 Å².